The first-order valence-corrected chi connectivity index (χ1v) is 11.0. The number of carbonyl (C=O) groups excluding carboxylic acids is 1. The maximum Gasteiger partial charge on any atom is 0.255 e. The maximum absolute atomic E-state index is 13.0. The summed E-state index contributed by atoms with van der Waals surface area (Å²) in [4.78, 5) is 15.3. The van der Waals surface area contributed by atoms with E-state index in [0.717, 1.165) is 42.7 Å². The minimum absolute atomic E-state index is 0.0464. The number of amides is 1. The molecule has 0 saturated carbocycles. The van der Waals surface area contributed by atoms with Crippen molar-refractivity contribution in [3.05, 3.63) is 66.2 Å². The lowest BCUT2D eigenvalue weighted by atomic mass is 9.98. The molecule has 33 heavy (non-hydrogen) atoms. The third kappa shape index (κ3) is 5.04. The van der Waals surface area contributed by atoms with Crippen molar-refractivity contribution in [3.8, 4) is 28.4 Å². The number of ether oxygens (including phenoxy) is 2. The molecule has 4 rings (SSSR count). The second-order valence-corrected chi connectivity index (χ2v) is 8.13. The monoisotopic (exact) mass is 447 g/mol. The molecule has 1 saturated heterocycles. The molecule has 0 spiro atoms. The fraction of sp³-hybridized carbons (Fsp3) is 0.269. The van der Waals surface area contributed by atoms with Crippen molar-refractivity contribution in [1.82, 2.24) is 0 Å². The number of nitrogens with two attached hydrogens (primary N) is 1. The lowest BCUT2D eigenvalue weighted by Gasteiger charge is -2.35. The van der Waals surface area contributed by atoms with Crippen molar-refractivity contribution in [2.45, 2.75) is 18.9 Å². The summed E-state index contributed by atoms with van der Waals surface area (Å²) in [7, 11) is 3.24. The Kier molecular flexibility index (Phi) is 6.70. The Balaban J connectivity index is 1.80. The molecular weight excluding hydrogens is 418 g/mol. The lowest BCUT2D eigenvalue weighted by Crippen LogP contribution is -2.40. The van der Waals surface area contributed by atoms with Crippen LogP contribution in [0.1, 0.15) is 23.2 Å². The van der Waals surface area contributed by atoms with Crippen LogP contribution in [0.15, 0.2) is 60.7 Å². The molecule has 0 aliphatic carbocycles. The first-order chi connectivity index (χ1) is 16.0. The molecule has 1 aliphatic rings. The van der Waals surface area contributed by atoms with E-state index in [-0.39, 0.29) is 17.7 Å². The Morgan fingerprint density at radius 3 is 2.30 bits per heavy atom. The van der Waals surface area contributed by atoms with Gasteiger partial charge in [0.2, 0.25) is 0 Å². The van der Waals surface area contributed by atoms with Crippen LogP contribution in [0.5, 0.6) is 17.2 Å². The van der Waals surface area contributed by atoms with Gasteiger partial charge in [0, 0.05) is 36.3 Å². The Bertz CT molecular complexity index is 1120. The number of nitrogens with one attached hydrogen (secondary N) is 1. The van der Waals surface area contributed by atoms with Gasteiger partial charge in [0.05, 0.1) is 25.6 Å². The summed E-state index contributed by atoms with van der Waals surface area (Å²) in [5.41, 5.74) is 10.0. The summed E-state index contributed by atoms with van der Waals surface area (Å²) in [6.45, 7) is 1.57. The van der Waals surface area contributed by atoms with Crippen molar-refractivity contribution >= 4 is 17.3 Å². The zero-order chi connectivity index (χ0) is 23.4. The van der Waals surface area contributed by atoms with E-state index in [2.05, 4.69) is 10.2 Å². The van der Waals surface area contributed by atoms with E-state index < -0.39 is 0 Å². The second kappa shape index (κ2) is 9.83. The molecular formula is C26H29N3O4. The van der Waals surface area contributed by atoms with Crippen LogP contribution in [-0.4, -0.2) is 44.4 Å². The first kappa shape index (κ1) is 22.5. The molecule has 1 aliphatic heterocycles. The largest absolute Gasteiger partial charge is 0.508 e. The lowest BCUT2D eigenvalue weighted by molar-refractivity contribution is 0.102. The highest BCUT2D eigenvalue weighted by Crippen LogP contribution is 2.41. The minimum Gasteiger partial charge on any atom is -0.508 e. The highest BCUT2D eigenvalue weighted by Gasteiger charge is 2.23. The highest BCUT2D eigenvalue weighted by molar-refractivity contribution is 6.07. The molecule has 0 radical (unpaired) electrons. The van der Waals surface area contributed by atoms with Crippen LogP contribution in [0.2, 0.25) is 0 Å². The van der Waals surface area contributed by atoms with E-state index in [9.17, 15) is 9.90 Å². The van der Waals surface area contributed by atoms with Gasteiger partial charge in [-0.05, 0) is 54.8 Å². The minimum atomic E-state index is -0.291. The number of hydrogen-bond donors (Lipinski definition) is 3. The molecule has 0 aromatic heterocycles. The molecule has 3 aromatic rings. The van der Waals surface area contributed by atoms with E-state index >= 15 is 0 Å². The average Bonchev–Trinajstić information content (AvgIpc) is 2.84. The van der Waals surface area contributed by atoms with E-state index in [1.807, 2.05) is 36.4 Å². The fourth-order valence-corrected chi connectivity index (χ4v) is 4.15. The highest BCUT2D eigenvalue weighted by atomic mass is 16.5. The number of phenols is 1. The quantitative estimate of drug-likeness (QED) is 0.523. The van der Waals surface area contributed by atoms with Crippen LogP contribution in [0.25, 0.3) is 11.1 Å². The van der Waals surface area contributed by atoms with E-state index in [1.165, 1.54) is 12.1 Å². The van der Waals surface area contributed by atoms with Crippen molar-refractivity contribution in [3.63, 3.8) is 0 Å². The standard InChI is InChI=1S/C26H29N3O4/c1-32-21-14-18(15-22(16-21)33-2)23-7-4-8-24(25(23)29-11-9-19(27)10-12-29)28-26(31)17-5-3-6-20(30)13-17/h3-8,13-16,19,30H,9-12,27H2,1-2H3,(H,28,31). The van der Waals surface area contributed by atoms with Crippen LogP contribution >= 0.6 is 0 Å². The van der Waals surface area contributed by atoms with Gasteiger partial charge in [-0.1, -0.05) is 18.2 Å². The molecule has 0 atom stereocenters. The number of para-hydroxylation sites is 1. The summed E-state index contributed by atoms with van der Waals surface area (Å²) in [5.74, 6) is 1.13. The Hall–Kier alpha value is -3.71. The predicted octanol–water partition coefficient (Wildman–Crippen LogP) is 4.26. The van der Waals surface area contributed by atoms with Gasteiger partial charge in [-0.3, -0.25) is 4.79 Å². The number of nitrogens with zero attached hydrogens (tertiary/aromatic N) is 1. The average molecular weight is 448 g/mol. The number of rotatable bonds is 6. The molecule has 1 amide bonds. The SMILES string of the molecule is COc1cc(OC)cc(-c2cccc(NC(=O)c3cccc(O)c3)c2N2CCC(N)CC2)c1. The Labute approximate surface area is 193 Å². The van der Waals surface area contributed by atoms with Gasteiger partial charge in [0.25, 0.3) is 5.91 Å². The zero-order valence-electron chi connectivity index (χ0n) is 18.9. The van der Waals surface area contributed by atoms with Crippen molar-refractivity contribution < 1.29 is 19.4 Å². The second-order valence-electron chi connectivity index (χ2n) is 8.13. The van der Waals surface area contributed by atoms with Gasteiger partial charge in [-0.2, -0.15) is 0 Å². The zero-order valence-corrected chi connectivity index (χ0v) is 18.9. The maximum atomic E-state index is 13.0. The van der Waals surface area contributed by atoms with E-state index in [1.54, 1.807) is 26.4 Å². The summed E-state index contributed by atoms with van der Waals surface area (Å²) < 4.78 is 11.0. The normalized spacial score (nSPS) is 14.1. The van der Waals surface area contributed by atoms with Crippen molar-refractivity contribution in [1.29, 1.82) is 0 Å². The number of phenolic OH excluding ortho intramolecular Hbond substituents is 1. The van der Waals surface area contributed by atoms with Gasteiger partial charge in [-0.25, -0.2) is 0 Å². The molecule has 0 bridgehead atoms. The van der Waals surface area contributed by atoms with Crippen LogP contribution in [0.4, 0.5) is 11.4 Å². The Morgan fingerprint density at radius 1 is 1.00 bits per heavy atom. The smallest absolute Gasteiger partial charge is 0.255 e. The third-order valence-corrected chi connectivity index (χ3v) is 5.91. The molecule has 0 unspecified atom stereocenters. The summed E-state index contributed by atoms with van der Waals surface area (Å²) in [6, 6.07) is 18.1. The number of benzene rings is 3. The number of carbonyl (C=O) groups is 1. The molecule has 1 heterocycles. The fourth-order valence-electron chi connectivity index (χ4n) is 4.15. The van der Waals surface area contributed by atoms with Crippen LogP contribution in [-0.2, 0) is 0 Å². The van der Waals surface area contributed by atoms with E-state index in [0.29, 0.717) is 22.7 Å². The predicted molar refractivity (Wildman–Crippen MR) is 130 cm³/mol. The molecule has 7 heteroatoms. The van der Waals surface area contributed by atoms with Gasteiger partial charge in [0.1, 0.15) is 17.2 Å². The van der Waals surface area contributed by atoms with Gasteiger partial charge in [-0.15, -0.1) is 0 Å². The van der Waals surface area contributed by atoms with Crippen LogP contribution in [0.3, 0.4) is 0 Å². The van der Waals surface area contributed by atoms with Crippen molar-refractivity contribution in [2.75, 3.05) is 37.5 Å². The molecule has 4 N–H and O–H groups in total. The number of aromatic hydroxyl groups is 1. The van der Waals surface area contributed by atoms with Crippen LogP contribution in [0, 0.1) is 0 Å². The summed E-state index contributed by atoms with van der Waals surface area (Å²) in [5, 5.41) is 12.8. The summed E-state index contributed by atoms with van der Waals surface area (Å²) in [6.07, 6.45) is 1.74. The topological polar surface area (TPSA) is 97.0 Å². The Morgan fingerprint density at radius 2 is 1.67 bits per heavy atom. The molecule has 1 fully saturated rings. The van der Waals surface area contributed by atoms with Gasteiger partial charge in [0.15, 0.2) is 0 Å². The van der Waals surface area contributed by atoms with Gasteiger partial charge >= 0.3 is 0 Å². The van der Waals surface area contributed by atoms with Gasteiger partial charge < -0.3 is 30.5 Å². The molecule has 3 aromatic carbocycles. The number of piperidine rings is 1. The number of hydrogen-bond acceptors (Lipinski definition) is 6. The van der Waals surface area contributed by atoms with Crippen LogP contribution < -0.4 is 25.4 Å². The first-order valence-electron chi connectivity index (χ1n) is 11.0. The number of methoxy groups -OCH3 is 2. The summed E-state index contributed by atoms with van der Waals surface area (Å²) >= 11 is 0. The van der Waals surface area contributed by atoms with Crippen molar-refractivity contribution in [2.24, 2.45) is 5.73 Å². The molecule has 172 valence electrons. The van der Waals surface area contributed by atoms with E-state index in [4.69, 9.17) is 15.2 Å². The third-order valence-electron chi connectivity index (χ3n) is 5.91. The molecule has 7 nitrogen and oxygen atoms in total. The number of anilines is 2.